The summed E-state index contributed by atoms with van der Waals surface area (Å²) in [6.07, 6.45) is 6.21. The summed E-state index contributed by atoms with van der Waals surface area (Å²) in [7, 11) is 0. The molecule has 24 heteroatoms. The van der Waals surface area contributed by atoms with Gasteiger partial charge in [-0.05, 0) is 32.1 Å². The van der Waals surface area contributed by atoms with Gasteiger partial charge in [-0.1, -0.05) is 53.4 Å². The fourth-order valence-corrected chi connectivity index (χ4v) is 6.49. The van der Waals surface area contributed by atoms with Crippen LogP contribution in [0, 0.1) is 0 Å². The first-order valence-corrected chi connectivity index (χ1v) is 27.9. The highest BCUT2D eigenvalue weighted by molar-refractivity contribution is 5.77. The van der Waals surface area contributed by atoms with Crippen molar-refractivity contribution in [3.05, 3.63) is 0 Å². The lowest BCUT2D eigenvalue weighted by molar-refractivity contribution is -0.147. The number of amides is 3. The lowest BCUT2D eigenvalue weighted by Gasteiger charge is -2.30. The molecule has 0 bridgehead atoms. The Balaban J connectivity index is 0. The Morgan fingerprint density at radius 3 is 1.33 bits per heavy atom. The maximum atomic E-state index is 12.6. The Bertz CT molecular complexity index is 1200. The van der Waals surface area contributed by atoms with Crippen molar-refractivity contribution < 1.29 is 96.8 Å². The number of nitrogens with one attached hydrogen (secondary N) is 3. The number of carbonyl (C=O) groups excluding carboxylic acids is 3. The first kappa shape index (κ1) is 75.8. The van der Waals surface area contributed by atoms with Gasteiger partial charge in [0.25, 0.3) is 0 Å². The third kappa shape index (κ3) is 51.1. The fraction of sp³-hybridized carbons (Fsp3) is 0.942. The van der Waals surface area contributed by atoms with E-state index in [0.717, 1.165) is 64.6 Å². The number of aliphatic hydroxyl groups is 5. The quantitative estimate of drug-likeness (QED) is 0.0373. The van der Waals surface area contributed by atoms with E-state index >= 15 is 0 Å². The summed E-state index contributed by atoms with van der Waals surface area (Å²) in [4.78, 5) is 37.1. The third-order valence-corrected chi connectivity index (χ3v) is 10.8. The Morgan fingerprint density at radius 1 is 0.500 bits per heavy atom. The number of unbranched alkanes of at least 4 members (excludes halogenated alkanes) is 4. The molecule has 0 saturated carbocycles. The minimum absolute atomic E-state index is 0.0683. The smallest absolute Gasteiger partial charge is 0.222 e. The molecule has 0 spiro atoms. The summed E-state index contributed by atoms with van der Waals surface area (Å²) < 4.78 is 65.0. The average Bonchev–Trinajstić information content (AvgIpc) is 3.43. The summed E-state index contributed by atoms with van der Waals surface area (Å²) in [5.74, 6) is -0.563. The zero-order valence-corrected chi connectivity index (χ0v) is 47.0. The van der Waals surface area contributed by atoms with Gasteiger partial charge >= 0.3 is 0 Å². The Morgan fingerprint density at radius 2 is 0.908 bits per heavy atom. The van der Waals surface area contributed by atoms with E-state index in [4.69, 9.17) is 88.1 Å². The molecular formula is C52H106N4O20. The number of aliphatic hydroxyl groups excluding tert-OH is 5. The van der Waals surface area contributed by atoms with Crippen LogP contribution in [-0.4, -0.2) is 258 Å². The minimum Gasteiger partial charge on any atom is -0.394 e. The lowest BCUT2D eigenvalue weighted by atomic mass is 10.0. The second kappa shape index (κ2) is 60.3. The number of rotatable bonds is 47. The molecule has 0 aromatic carbocycles. The van der Waals surface area contributed by atoms with Crippen molar-refractivity contribution in [1.82, 2.24) is 16.0 Å². The molecule has 3 amide bonds. The molecule has 2 aliphatic rings. The van der Waals surface area contributed by atoms with Gasteiger partial charge in [0.1, 0.15) is 18.3 Å². The van der Waals surface area contributed by atoms with E-state index in [1.54, 1.807) is 0 Å². The monoisotopic (exact) mass is 1110 g/mol. The van der Waals surface area contributed by atoms with Crippen LogP contribution in [-0.2, 0) is 71.2 Å². The molecule has 0 aromatic heterocycles. The van der Waals surface area contributed by atoms with Gasteiger partial charge in [-0.15, -0.1) is 0 Å². The highest BCUT2D eigenvalue weighted by atomic mass is 16.6. The third-order valence-electron chi connectivity index (χ3n) is 10.8. The van der Waals surface area contributed by atoms with Gasteiger partial charge in [0.05, 0.1) is 150 Å². The number of ether oxygens (including phenoxy) is 12. The molecule has 76 heavy (non-hydrogen) atoms. The fourth-order valence-electron chi connectivity index (χ4n) is 6.49. The normalized spacial score (nSPS) is 18.1. The molecule has 2 aliphatic heterocycles. The molecule has 2 fully saturated rings. The van der Waals surface area contributed by atoms with Crippen LogP contribution >= 0.6 is 0 Å². The summed E-state index contributed by atoms with van der Waals surface area (Å²) >= 11 is 0. The first-order valence-electron chi connectivity index (χ1n) is 27.9. The maximum Gasteiger partial charge on any atom is 0.222 e. The summed E-state index contributed by atoms with van der Waals surface area (Å²) in [5, 5.41) is 52.9. The molecule has 0 aliphatic carbocycles. The molecule has 10 N–H and O–H groups in total. The summed E-state index contributed by atoms with van der Waals surface area (Å²) in [6, 6.07) is -0.488. The van der Waals surface area contributed by atoms with Crippen molar-refractivity contribution in [2.45, 2.75) is 141 Å². The summed E-state index contributed by atoms with van der Waals surface area (Å²) in [6.45, 7) is 18.5. The summed E-state index contributed by atoms with van der Waals surface area (Å²) in [5.41, 5.74) is 5.36. The van der Waals surface area contributed by atoms with Gasteiger partial charge in [-0.2, -0.15) is 0 Å². The van der Waals surface area contributed by atoms with Gasteiger partial charge in [-0.25, -0.2) is 0 Å². The van der Waals surface area contributed by atoms with E-state index in [1.807, 2.05) is 13.8 Å². The highest BCUT2D eigenvalue weighted by Crippen LogP contribution is 2.14. The zero-order chi connectivity index (χ0) is 56.4. The molecule has 0 radical (unpaired) electrons. The molecule has 5 atom stereocenters. The van der Waals surface area contributed by atoms with E-state index in [-0.39, 0.29) is 89.3 Å². The predicted octanol–water partition coefficient (Wildman–Crippen LogP) is 0.413. The molecule has 0 aromatic rings. The van der Waals surface area contributed by atoms with Crippen LogP contribution < -0.4 is 21.7 Å². The predicted molar refractivity (Wildman–Crippen MR) is 285 cm³/mol. The van der Waals surface area contributed by atoms with Crippen LogP contribution in [0.25, 0.3) is 0 Å². The molecule has 5 unspecified atom stereocenters. The van der Waals surface area contributed by atoms with Gasteiger partial charge < -0.3 is 104 Å². The standard InChI is InChI=1S/C38H76N4O13.C6H12O4.C6H12O3.C2H6/c1-3-5-7-15-46-23-27-50-21-13-40-36(43)9-18-54-33-35(34-55-19-10-37(44)41-14-22-51-28-24-47-16-8-6-4-2)42-38(45)11-17-48-25-29-52-31-32-53-30-26-49-20-12-39;7-3-5-6(9)4(8)1-2-10-5;7-4-6-5(8)2-1-3-9-6;1-2/h35H,3-34,39H2,1-2H3,(H,40,43)(H,41,44)(H,42,45);4-9H,1-3H2;5-8H,1-4H2;1-2H3. The van der Waals surface area contributed by atoms with Crippen molar-refractivity contribution in [3.63, 3.8) is 0 Å². The van der Waals surface area contributed by atoms with Crippen LogP contribution in [0.1, 0.15) is 105 Å². The van der Waals surface area contributed by atoms with Crippen molar-refractivity contribution in [2.24, 2.45) is 5.73 Å². The van der Waals surface area contributed by atoms with E-state index in [9.17, 15) is 14.4 Å². The molecule has 24 nitrogen and oxygen atoms in total. The first-order chi connectivity index (χ1) is 37.1. The second-order valence-corrected chi connectivity index (χ2v) is 17.2. The van der Waals surface area contributed by atoms with Gasteiger partial charge in [0, 0.05) is 65.3 Å². The van der Waals surface area contributed by atoms with E-state index in [1.165, 1.54) is 0 Å². The van der Waals surface area contributed by atoms with Gasteiger partial charge in [0.2, 0.25) is 17.7 Å². The molecule has 2 saturated heterocycles. The highest BCUT2D eigenvalue weighted by Gasteiger charge is 2.30. The van der Waals surface area contributed by atoms with Crippen LogP contribution in [0.4, 0.5) is 0 Å². The number of hydrogen-bond acceptors (Lipinski definition) is 21. The van der Waals surface area contributed by atoms with Crippen LogP contribution in [0.2, 0.25) is 0 Å². The molecular weight excluding hydrogens is 1000 g/mol. The largest absolute Gasteiger partial charge is 0.394 e. The number of carbonyl (C=O) groups is 3. The molecule has 2 heterocycles. The maximum absolute atomic E-state index is 12.6. The Hall–Kier alpha value is -2.31. The molecule has 454 valence electrons. The number of nitrogens with two attached hydrogens (primary N) is 1. The van der Waals surface area contributed by atoms with Crippen molar-refractivity contribution in [1.29, 1.82) is 0 Å². The zero-order valence-electron chi connectivity index (χ0n) is 47.0. The van der Waals surface area contributed by atoms with Crippen molar-refractivity contribution >= 4 is 17.7 Å². The topological polar surface area (TPSA) is 325 Å². The van der Waals surface area contributed by atoms with Crippen LogP contribution in [0.3, 0.4) is 0 Å². The molecule has 2 rings (SSSR count). The lowest BCUT2D eigenvalue weighted by Crippen LogP contribution is -2.46. The Labute approximate surface area is 454 Å². The minimum atomic E-state index is -0.932. The Kier molecular flexibility index (Phi) is 60.1. The average molecular weight is 1110 g/mol. The van der Waals surface area contributed by atoms with Gasteiger partial charge in [-0.3, -0.25) is 14.4 Å². The van der Waals surface area contributed by atoms with E-state index in [0.29, 0.717) is 125 Å². The van der Waals surface area contributed by atoms with Gasteiger partial charge in [0.15, 0.2) is 0 Å². The van der Waals surface area contributed by atoms with Crippen molar-refractivity contribution in [2.75, 3.05) is 178 Å². The van der Waals surface area contributed by atoms with Crippen LogP contribution in [0.5, 0.6) is 0 Å². The van der Waals surface area contributed by atoms with E-state index < -0.39 is 30.5 Å². The number of hydrogen-bond donors (Lipinski definition) is 9. The van der Waals surface area contributed by atoms with Crippen molar-refractivity contribution in [3.8, 4) is 0 Å². The van der Waals surface area contributed by atoms with Crippen LogP contribution in [0.15, 0.2) is 0 Å². The SMILES string of the molecule is CC.CCCCCOCCOCCNC(=O)CCOCC(COCCC(=O)NCCOCCOCCCCC)NC(=O)CCOCCOCCOCCOCCN.OCC1OCCC(O)C1O.OCC1OCCCC1O. The van der Waals surface area contributed by atoms with E-state index in [2.05, 4.69) is 29.8 Å². The second-order valence-electron chi connectivity index (χ2n) is 17.2.